The number of anilines is 2. The van der Waals surface area contributed by atoms with Crippen molar-refractivity contribution < 1.29 is 9.53 Å². The summed E-state index contributed by atoms with van der Waals surface area (Å²) in [7, 11) is 1.84. The third kappa shape index (κ3) is 3.97. The van der Waals surface area contributed by atoms with Crippen molar-refractivity contribution >= 4 is 28.6 Å². The number of hydrogen-bond donors (Lipinski definition) is 1. The van der Waals surface area contributed by atoms with Crippen LogP contribution in [0, 0.1) is 0 Å². The number of carbonyl (C=O) groups excluding carboxylic acids is 1. The second-order valence-corrected chi connectivity index (χ2v) is 9.45. The van der Waals surface area contributed by atoms with Gasteiger partial charge in [-0.15, -0.1) is 0 Å². The molecule has 0 spiro atoms. The molecule has 0 bridgehead atoms. The summed E-state index contributed by atoms with van der Waals surface area (Å²) in [5, 5.41) is 12.7. The number of pyridine rings is 1. The number of urea groups is 1. The molecule has 0 unspecified atom stereocenters. The van der Waals surface area contributed by atoms with Gasteiger partial charge in [-0.05, 0) is 49.1 Å². The van der Waals surface area contributed by atoms with Gasteiger partial charge in [0.2, 0.25) is 0 Å². The fourth-order valence-corrected chi connectivity index (χ4v) is 5.07. The van der Waals surface area contributed by atoms with Crippen LogP contribution in [0.5, 0.6) is 0 Å². The Kier molecular flexibility index (Phi) is 5.80. The van der Waals surface area contributed by atoms with Gasteiger partial charge in [0.25, 0.3) is 0 Å². The van der Waals surface area contributed by atoms with Gasteiger partial charge in [0, 0.05) is 50.0 Å². The molecule has 2 amide bonds. The van der Waals surface area contributed by atoms with Gasteiger partial charge in [-0.25, -0.2) is 9.78 Å². The van der Waals surface area contributed by atoms with Crippen molar-refractivity contribution in [2.24, 2.45) is 0 Å². The molecule has 1 N–H and O–H groups in total. The van der Waals surface area contributed by atoms with Crippen molar-refractivity contribution in [1.82, 2.24) is 29.9 Å². The van der Waals surface area contributed by atoms with Crippen molar-refractivity contribution in [3.63, 3.8) is 0 Å². The molecule has 4 aromatic rings. The number of fused-ring (bicyclic) bond motifs is 1. The highest BCUT2D eigenvalue weighted by Crippen LogP contribution is 2.34. The van der Waals surface area contributed by atoms with E-state index in [9.17, 15) is 4.79 Å². The summed E-state index contributed by atoms with van der Waals surface area (Å²) in [5.41, 5.74) is 3.70. The average Bonchev–Trinajstić information content (AvgIpc) is 3.69. The van der Waals surface area contributed by atoms with Crippen LogP contribution in [0.15, 0.2) is 48.8 Å². The van der Waals surface area contributed by atoms with Gasteiger partial charge in [0.1, 0.15) is 5.82 Å². The quantitative estimate of drug-likeness (QED) is 0.473. The Balaban J connectivity index is 1.40. The zero-order chi connectivity index (χ0) is 24.6. The van der Waals surface area contributed by atoms with Crippen LogP contribution < -0.4 is 9.80 Å². The zero-order valence-corrected chi connectivity index (χ0v) is 20.6. The zero-order valence-electron chi connectivity index (χ0n) is 20.6. The number of carbonyl (C=O) groups is 1. The fourth-order valence-electron chi connectivity index (χ4n) is 5.07. The Morgan fingerprint density at radius 2 is 1.92 bits per heavy atom. The van der Waals surface area contributed by atoms with E-state index < -0.39 is 0 Å². The third-order valence-corrected chi connectivity index (χ3v) is 7.12. The minimum atomic E-state index is 0.0513. The SMILES string of the molecule is C[C@@H]1COCCN1c1cc(-c2ccc(N(C)C(=O)N3CCCC3)cc2)c2cnn(-c3cc[nH]n3)c2n1. The first-order valence-corrected chi connectivity index (χ1v) is 12.5. The molecule has 186 valence electrons. The highest BCUT2D eigenvalue weighted by Gasteiger charge is 2.25. The number of ether oxygens (including phenoxy) is 1. The molecule has 10 nitrogen and oxygen atoms in total. The van der Waals surface area contributed by atoms with Crippen LogP contribution >= 0.6 is 0 Å². The second kappa shape index (κ2) is 9.27. The summed E-state index contributed by atoms with van der Waals surface area (Å²) in [4.78, 5) is 23.8. The molecule has 1 aromatic carbocycles. The standard InChI is InChI=1S/C26H30N8O2/c1-18-17-36-14-13-33(18)24-15-21(22-16-28-34(25(22)29-24)23-9-10-27-30-23)19-5-7-20(8-6-19)31(2)26(35)32-11-3-4-12-32/h5-10,15-16,18H,3-4,11-14,17H2,1-2H3,(H,27,30)/t18-/m1/s1. The van der Waals surface area contributed by atoms with Crippen LogP contribution in [-0.4, -0.2) is 81.8 Å². The molecule has 6 rings (SSSR count). The van der Waals surface area contributed by atoms with E-state index in [0.717, 1.165) is 66.1 Å². The van der Waals surface area contributed by atoms with Crippen molar-refractivity contribution in [3.8, 4) is 16.9 Å². The summed E-state index contributed by atoms with van der Waals surface area (Å²) < 4.78 is 7.42. The molecular weight excluding hydrogens is 456 g/mol. The molecule has 2 aliphatic rings. The molecule has 0 aliphatic carbocycles. The van der Waals surface area contributed by atoms with Gasteiger partial charge in [-0.1, -0.05) is 12.1 Å². The minimum absolute atomic E-state index is 0.0513. The van der Waals surface area contributed by atoms with E-state index in [2.05, 4.69) is 45.3 Å². The van der Waals surface area contributed by atoms with Crippen LogP contribution in [-0.2, 0) is 4.74 Å². The fraction of sp³-hybridized carbons (Fsp3) is 0.385. The lowest BCUT2D eigenvalue weighted by atomic mass is 10.0. The molecule has 10 heteroatoms. The van der Waals surface area contributed by atoms with Gasteiger partial charge in [-0.2, -0.15) is 14.9 Å². The summed E-state index contributed by atoms with van der Waals surface area (Å²) in [6, 6.07) is 12.4. The molecule has 2 saturated heterocycles. The molecule has 5 heterocycles. The predicted octanol–water partition coefficient (Wildman–Crippen LogP) is 3.69. The van der Waals surface area contributed by atoms with Crippen LogP contribution in [0.2, 0.25) is 0 Å². The molecule has 2 fully saturated rings. The van der Waals surface area contributed by atoms with Gasteiger partial charge in [-0.3, -0.25) is 10.00 Å². The van der Waals surface area contributed by atoms with Crippen LogP contribution in [0.4, 0.5) is 16.3 Å². The maximum absolute atomic E-state index is 12.8. The Labute approximate surface area is 209 Å². The Morgan fingerprint density at radius 3 is 2.64 bits per heavy atom. The number of nitrogens with zero attached hydrogens (tertiary/aromatic N) is 7. The molecule has 3 aromatic heterocycles. The number of hydrogen-bond acceptors (Lipinski definition) is 6. The van der Waals surface area contributed by atoms with E-state index in [-0.39, 0.29) is 12.1 Å². The van der Waals surface area contributed by atoms with Gasteiger partial charge in [0.05, 0.1) is 25.5 Å². The normalized spacial score (nSPS) is 18.2. The number of benzene rings is 1. The minimum Gasteiger partial charge on any atom is -0.377 e. The lowest BCUT2D eigenvalue weighted by molar-refractivity contribution is 0.0985. The highest BCUT2D eigenvalue weighted by atomic mass is 16.5. The lowest BCUT2D eigenvalue weighted by Gasteiger charge is -2.34. The number of H-pyrrole nitrogens is 1. The van der Waals surface area contributed by atoms with Gasteiger partial charge < -0.3 is 14.5 Å². The first-order chi connectivity index (χ1) is 17.6. The summed E-state index contributed by atoms with van der Waals surface area (Å²) in [6.45, 7) is 5.93. The second-order valence-electron chi connectivity index (χ2n) is 9.45. The Hall–Kier alpha value is -3.92. The Bertz CT molecular complexity index is 1360. The number of amides is 2. The topological polar surface area (TPSA) is 95.4 Å². The summed E-state index contributed by atoms with van der Waals surface area (Å²) >= 11 is 0. The largest absolute Gasteiger partial charge is 0.377 e. The lowest BCUT2D eigenvalue weighted by Crippen LogP contribution is -2.44. The molecule has 0 saturated carbocycles. The first kappa shape index (κ1) is 22.5. The smallest absolute Gasteiger partial charge is 0.324 e. The van der Waals surface area contributed by atoms with E-state index in [1.807, 2.05) is 36.3 Å². The van der Waals surface area contributed by atoms with Crippen molar-refractivity contribution in [2.45, 2.75) is 25.8 Å². The van der Waals surface area contributed by atoms with Crippen LogP contribution in [0.3, 0.4) is 0 Å². The predicted molar refractivity (Wildman–Crippen MR) is 139 cm³/mol. The monoisotopic (exact) mass is 486 g/mol. The Morgan fingerprint density at radius 1 is 1.11 bits per heavy atom. The van der Waals surface area contributed by atoms with E-state index in [4.69, 9.17) is 9.72 Å². The van der Waals surface area contributed by atoms with Gasteiger partial charge in [0.15, 0.2) is 11.5 Å². The summed E-state index contributed by atoms with van der Waals surface area (Å²) in [6.07, 6.45) is 5.77. The number of rotatable bonds is 4. The summed E-state index contributed by atoms with van der Waals surface area (Å²) in [5.74, 6) is 1.57. The van der Waals surface area contributed by atoms with E-state index in [1.54, 1.807) is 15.8 Å². The maximum Gasteiger partial charge on any atom is 0.324 e. The number of aromatic nitrogens is 5. The molecular formula is C26H30N8O2. The number of nitrogens with one attached hydrogen (secondary N) is 1. The van der Waals surface area contributed by atoms with Crippen LogP contribution in [0.25, 0.3) is 28.0 Å². The van der Waals surface area contributed by atoms with E-state index in [1.165, 1.54) is 0 Å². The molecule has 1 atom stereocenters. The number of aromatic amines is 1. The first-order valence-electron chi connectivity index (χ1n) is 12.5. The number of likely N-dealkylation sites (tertiary alicyclic amines) is 1. The molecule has 0 radical (unpaired) electrons. The molecule has 2 aliphatic heterocycles. The van der Waals surface area contributed by atoms with E-state index in [0.29, 0.717) is 19.0 Å². The molecule has 36 heavy (non-hydrogen) atoms. The number of morpholine rings is 1. The maximum atomic E-state index is 12.8. The third-order valence-electron chi connectivity index (χ3n) is 7.12. The van der Waals surface area contributed by atoms with Crippen molar-refractivity contribution in [2.75, 3.05) is 49.7 Å². The van der Waals surface area contributed by atoms with E-state index >= 15 is 0 Å². The average molecular weight is 487 g/mol. The van der Waals surface area contributed by atoms with Crippen LogP contribution in [0.1, 0.15) is 19.8 Å². The van der Waals surface area contributed by atoms with Crippen molar-refractivity contribution in [3.05, 3.63) is 48.8 Å². The van der Waals surface area contributed by atoms with Crippen molar-refractivity contribution in [1.29, 1.82) is 0 Å². The highest BCUT2D eigenvalue weighted by molar-refractivity contribution is 5.96. The van der Waals surface area contributed by atoms with Gasteiger partial charge >= 0.3 is 6.03 Å².